The van der Waals surface area contributed by atoms with E-state index in [0.717, 1.165) is 0 Å². The zero-order chi connectivity index (χ0) is 16.7. The summed E-state index contributed by atoms with van der Waals surface area (Å²) < 4.78 is 18.1. The van der Waals surface area contributed by atoms with Gasteiger partial charge in [-0.2, -0.15) is 0 Å². The van der Waals surface area contributed by atoms with E-state index >= 15 is 0 Å². The Morgan fingerprint density at radius 2 is 2.30 bits per heavy atom. The smallest absolute Gasteiger partial charge is 0.351 e. The molecule has 1 aliphatic carbocycles. The molecule has 0 fully saturated rings. The van der Waals surface area contributed by atoms with E-state index in [0.29, 0.717) is 17.6 Å². The molecule has 0 aromatic carbocycles. The fourth-order valence-electron chi connectivity index (χ4n) is 2.47. The van der Waals surface area contributed by atoms with Gasteiger partial charge in [-0.1, -0.05) is 12.0 Å². The second-order valence-corrected chi connectivity index (χ2v) is 6.77. The summed E-state index contributed by atoms with van der Waals surface area (Å²) >= 11 is 0. The molecule has 2 atom stereocenters. The highest BCUT2D eigenvalue weighted by atomic mass is 31.2. The Bertz CT molecular complexity index is 867. The van der Waals surface area contributed by atoms with Crippen molar-refractivity contribution in [3.05, 3.63) is 24.8 Å². The van der Waals surface area contributed by atoms with Crippen LogP contribution in [0.25, 0.3) is 11.2 Å². The number of ether oxygens (including phenoxy) is 1. The van der Waals surface area contributed by atoms with Gasteiger partial charge in [0.15, 0.2) is 17.8 Å². The topological polar surface area (TPSA) is 136 Å². The summed E-state index contributed by atoms with van der Waals surface area (Å²) in [4.78, 5) is 30.1. The summed E-state index contributed by atoms with van der Waals surface area (Å²) in [7, 11) is -4.31. The molecule has 2 aromatic rings. The van der Waals surface area contributed by atoms with Gasteiger partial charge in [0.2, 0.25) is 0 Å². The predicted molar refractivity (Wildman–Crippen MR) is 82.1 cm³/mol. The first-order chi connectivity index (χ1) is 10.8. The third-order valence-corrected chi connectivity index (χ3v) is 4.04. The number of anilines is 1. The Labute approximate surface area is 131 Å². The van der Waals surface area contributed by atoms with E-state index in [1.807, 2.05) is 0 Å². The third-order valence-electron chi connectivity index (χ3n) is 3.58. The number of rotatable bonds is 4. The molecule has 10 heteroatoms. The van der Waals surface area contributed by atoms with E-state index < -0.39 is 19.5 Å². The first-order valence-electron chi connectivity index (χ1n) is 6.62. The average molecular weight is 335 g/mol. The molecule has 3 rings (SSSR count). The summed E-state index contributed by atoms with van der Waals surface area (Å²) in [5.74, 6) is 2.73. The van der Waals surface area contributed by atoms with Crippen molar-refractivity contribution in [3.8, 4) is 12.3 Å². The lowest BCUT2D eigenvalue weighted by atomic mass is 10.0. The number of aromatic nitrogens is 4. The normalized spacial score (nSPS) is 24.1. The molecule has 0 unspecified atom stereocenters. The third kappa shape index (κ3) is 2.98. The molecule has 2 aromatic heterocycles. The maximum atomic E-state index is 11.0. The Morgan fingerprint density at radius 1 is 1.52 bits per heavy atom. The van der Waals surface area contributed by atoms with Crippen LogP contribution in [0.1, 0.15) is 12.5 Å². The van der Waals surface area contributed by atoms with Gasteiger partial charge in [-0.15, -0.1) is 6.42 Å². The summed E-state index contributed by atoms with van der Waals surface area (Å²) in [6, 6.07) is -0.220. The highest BCUT2D eigenvalue weighted by Crippen LogP contribution is 2.40. The zero-order valence-electron chi connectivity index (χ0n) is 11.9. The van der Waals surface area contributed by atoms with E-state index in [4.69, 9.17) is 26.7 Å². The van der Waals surface area contributed by atoms with Crippen molar-refractivity contribution in [2.45, 2.75) is 18.1 Å². The molecular weight excluding hydrogens is 321 g/mol. The fraction of sp³-hybridized carbons (Fsp3) is 0.308. The van der Waals surface area contributed by atoms with E-state index in [-0.39, 0.29) is 11.9 Å². The van der Waals surface area contributed by atoms with Crippen LogP contribution in [-0.2, 0) is 9.30 Å². The van der Waals surface area contributed by atoms with Gasteiger partial charge in [0.1, 0.15) is 17.4 Å². The van der Waals surface area contributed by atoms with Crippen LogP contribution in [0, 0.1) is 12.3 Å². The van der Waals surface area contributed by atoms with Crippen molar-refractivity contribution >= 4 is 24.6 Å². The number of imidazole rings is 1. The first-order valence-corrected chi connectivity index (χ1v) is 8.42. The molecule has 0 spiro atoms. The maximum Gasteiger partial charge on any atom is 0.351 e. The monoisotopic (exact) mass is 335 g/mol. The Hall–Kier alpha value is -2.24. The number of hydrogen-bond acceptors (Lipinski definition) is 6. The number of nitrogen functional groups attached to an aromatic ring is 1. The molecule has 0 saturated heterocycles. The molecule has 1 aliphatic rings. The molecule has 0 aliphatic heterocycles. The lowest BCUT2D eigenvalue weighted by Crippen LogP contribution is -2.28. The number of allylic oxidation sites excluding steroid dienone is 1. The number of fused-ring (bicyclic) bond motifs is 1. The lowest BCUT2D eigenvalue weighted by molar-refractivity contribution is 0.0509. The van der Waals surface area contributed by atoms with Crippen LogP contribution in [0.5, 0.6) is 0 Å². The quantitative estimate of drug-likeness (QED) is 0.416. The van der Waals surface area contributed by atoms with Gasteiger partial charge in [-0.05, 0) is 6.08 Å². The largest absolute Gasteiger partial charge is 0.382 e. The molecular formula is C13H14N5O4P. The van der Waals surface area contributed by atoms with Crippen molar-refractivity contribution in [2.75, 3.05) is 12.1 Å². The standard InChI is InChI=1S/C13H14N5O4P/c1-2-13(22-8-23(19,20)21)4-3-9(5-13)18-7-17-10-11(14)15-6-16-12(10)18/h1,3-4,6-7,9H,5,8H2,(H2,14,15,16)(H2,19,20,21)/t9-,13+/m0/s1. The van der Waals surface area contributed by atoms with Gasteiger partial charge < -0.3 is 24.8 Å². The number of nitrogens with zero attached hydrogens (tertiary/aromatic N) is 4. The van der Waals surface area contributed by atoms with Crippen LogP contribution < -0.4 is 5.73 Å². The SMILES string of the molecule is C#C[C@@]1(OCP(=O)(O)O)C=C[C@H](n2cnc3c(N)ncnc32)C1. The van der Waals surface area contributed by atoms with Crippen LogP contribution >= 0.6 is 7.60 Å². The minimum absolute atomic E-state index is 0.220. The van der Waals surface area contributed by atoms with Crippen molar-refractivity contribution in [1.82, 2.24) is 19.5 Å². The molecule has 0 radical (unpaired) electrons. The minimum atomic E-state index is -4.31. The van der Waals surface area contributed by atoms with Crippen molar-refractivity contribution < 1.29 is 19.1 Å². The van der Waals surface area contributed by atoms with E-state index in [2.05, 4.69) is 20.9 Å². The van der Waals surface area contributed by atoms with Gasteiger partial charge >= 0.3 is 7.60 Å². The Kier molecular flexibility index (Phi) is 3.70. The summed E-state index contributed by atoms with van der Waals surface area (Å²) in [6.07, 6.45) is 11.4. The van der Waals surface area contributed by atoms with Crippen LogP contribution in [0.3, 0.4) is 0 Å². The zero-order valence-corrected chi connectivity index (χ0v) is 12.8. The van der Waals surface area contributed by atoms with Crippen molar-refractivity contribution in [3.63, 3.8) is 0 Å². The second-order valence-electron chi connectivity index (χ2n) is 5.19. The Morgan fingerprint density at radius 3 is 3.00 bits per heavy atom. The summed E-state index contributed by atoms with van der Waals surface area (Å²) in [5, 5.41) is 0. The number of terminal acetylenes is 1. The summed E-state index contributed by atoms with van der Waals surface area (Å²) in [6.45, 7) is 0. The second kappa shape index (κ2) is 5.44. The molecule has 0 saturated carbocycles. The van der Waals surface area contributed by atoms with Gasteiger partial charge in [0.25, 0.3) is 0 Å². The van der Waals surface area contributed by atoms with Crippen LogP contribution in [-0.4, -0.2) is 41.3 Å². The molecule has 120 valence electrons. The van der Waals surface area contributed by atoms with E-state index in [1.165, 1.54) is 6.33 Å². The van der Waals surface area contributed by atoms with E-state index in [1.54, 1.807) is 23.0 Å². The van der Waals surface area contributed by atoms with Gasteiger partial charge in [-0.3, -0.25) is 4.57 Å². The van der Waals surface area contributed by atoms with Crippen LogP contribution in [0.2, 0.25) is 0 Å². The maximum absolute atomic E-state index is 11.0. The van der Waals surface area contributed by atoms with Crippen LogP contribution in [0.15, 0.2) is 24.8 Å². The molecule has 0 bridgehead atoms. The lowest BCUT2D eigenvalue weighted by Gasteiger charge is -2.24. The van der Waals surface area contributed by atoms with E-state index in [9.17, 15) is 4.57 Å². The highest BCUT2D eigenvalue weighted by Gasteiger charge is 2.37. The summed E-state index contributed by atoms with van der Waals surface area (Å²) in [5.41, 5.74) is 5.61. The molecule has 0 amide bonds. The van der Waals surface area contributed by atoms with Crippen molar-refractivity contribution in [1.29, 1.82) is 0 Å². The average Bonchev–Trinajstić information content (AvgIpc) is 3.09. The van der Waals surface area contributed by atoms with Crippen molar-refractivity contribution in [2.24, 2.45) is 0 Å². The molecule has 2 heterocycles. The molecule has 9 nitrogen and oxygen atoms in total. The first kappa shape index (κ1) is 15.6. The van der Waals surface area contributed by atoms with Gasteiger partial charge in [0.05, 0.1) is 12.4 Å². The number of nitrogens with two attached hydrogens (primary N) is 1. The number of hydrogen-bond donors (Lipinski definition) is 3. The highest BCUT2D eigenvalue weighted by molar-refractivity contribution is 7.51. The van der Waals surface area contributed by atoms with Gasteiger partial charge in [-0.25, -0.2) is 15.0 Å². The minimum Gasteiger partial charge on any atom is -0.382 e. The van der Waals surface area contributed by atoms with Gasteiger partial charge in [0, 0.05) is 6.42 Å². The molecule has 23 heavy (non-hydrogen) atoms. The fourth-order valence-corrected chi connectivity index (χ4v) is 2.87. The Balaban J connectivity index is 1.87. The van der Waals surface area contributed by atoms with Crippen LogP contribution in [0.4, 0.5) is 5.82 Å². The predicted octanol–water partition coefficient (Wildman–Crippen LogP) is 0.433. The molecule has 4 N–H and O–H groups in total.